The second kappa shape index (κ2) is 3.94. The van der Waals surface area contributed by atoms with E-state index >= 15 is 0 Å². The maximum atomic E-state index is 13.2. The van der Waals surface area contributed by atoms with Crippen molar-refractivity contribution < 1.29 is 4.39 Å². The Morgan fingerprint density at radius 3 is 3.06 bits per heavy atom. The summed E-state index contributed by atoms with van der Waals surface area (Å²) < 4.78 is 15.0. The van der Waals surface area contributed by atoms with Crippen molar-refractivity contribution in [2.45, 2.75) is 19.6 Å². The number of hydrogen-bond acceptors (Lipinski definition) is 3. The van der Waals surface area contributed by atoms with E-state index in [2.05, 4.69) is 10.4 Å². The standard InChI is InChI=1S/C12H13FN4/c13-8-2-1-3-9(4-8)17-12(5-14)10-6-15-7-11(10)16-17/h1-4,15H,5-7,14H2. The van der Waals surface area contributed by atoms with E-state index in [1.165, 1.54) is 12.1 Å². The third-order valence-electron chi connectivity index (χ3n) is 3.01. The molecule has 1 aromatic carbocycles. The van der Waals surface area contributed by atoms with Gasteiger partial charge in [-0.3, -0.25) is 0 Å². The lowest BCUT2D eigenvalue weighted by molar-refractivity contribution is 0.623. The molecule has 0 spiro atoms. The number of aromatic nitrogens is 2. The van der Waals surface area contributed by atoms with E-state index in [1.807, 2.05) is 6.07 Å². The van der Waals surface area contributed by atoms with Crippen molar-refractivity contribution in [2.24, 2.45) is 5.73 Å². The molecule has 3 rings (SSSR count). The molecule has 3 N–H and O–H groups in total. The van der Waals surface area contributed by atoms with Crippen molar-refractivity contribution in [1.82, 2.24) is 15.1 Å². The van der Waals surface area contributed by atoms with Gasteiger partial charge in [0.1, 0.15) is 5.82 Å². The van der Waals surface area contributed by atoms with E-state index in [0.717, 1.165) is 35.7 Å². The predicted octanol–water partition coefficient (Wildman–Crippen LogP) is 1.07. The van der Waals surface area contributed by atoms with Crippen molar-refractivity contribution >= 4 is 0 Å². The highest BCUT2D eigenvalue weighted by molar-refractivity contribution is 5.39. The van der Waals surface area contributed by atoms with Gasteiger partial charge >= 0.3 is 0 Å². The number of fused-ring (bicyclic) bond motifs is 1. The summed E-state index contributed by atoms with van der Waals surface area (Å²) in [5.41, 5.74) is 9.60. The van der Waals surface area contributed by atoms with Crippen molar-refractivity contribution in [2.75, 3.05) is 0 Å². The normalized spacial score (nSPS) is 14.0. The van der Waals surface area contributed by atoms with Crippen molar-refractivity contribution in [3.63, 3.8) is 0 Å². The van der Waals surface area contributed by atoms with Crippen LogP contribution < -0.4 is 11.1 Å². The molecule has 2 aromatic rings. The van der Waals surface area contributed by atoms with Crippen LogP contribution in [0.4, 0.5) is 4.39 Å². The zero-order valence-corrected chi connectivity index (χ0v) is 9.28. The Balaban J connectivity index is 2.15. The quantitative estimate of drug-likeness (QED) is 0.814. The molecule has 0 amide bonds. The van der Waals surface area contributed by atoms with Crippen LogP contribution in [0.15, 0.2) is 24.3 Å². The topological polar surface area (TPSA) is 55.9 Å². The summed E-state index contributed by atoms with van der Waals surface area (Å²) in [4.78, 5) is 0. The molecule has 0 aliphatic carbocycles. The highest BCUT2D eigenvalue weighted by Crippen LogP contribution is 2.22. The number of halogens is 1. The smallest absolute Gasteiger partial charge is 0.125 e. The van der Waals surface area contributed by atoms with Crippen LogP contribution in [-0.4, -0.2) is 9.78 Å². The van der Waals surface area contributed by atoms with E-state index < -0.39 is 0 Å². The number of nitrogens with zero attached hydrogens (tertiary/aromatic N) is 2. The van der Waals surface area contributed by atoms with Gasteiger partial charge in [0.15, 0.2) is 0 Å². The van der Waals surface area contributed by atoms with Crippen molar-refractivity contribution in [3.8, 4) is 5.69 Å². The molecule has 5 heteroatoms. The van der Waals surface area contributed by atoms with Gasteiger partial charge in [-0.05, 0) is 18.2 Å². The van der Waals surface area contributed by atoms with Crippen molar-refractivity contribution in [3.05, 3.63) is 47.0 Å². The van der Waals surface area contributed by atoms with Gasteiger partial charge in [0.05, 0.1) is 17.1 Å². The maximum Gasteiger partial charge on any atom is 0.125 e. The second-order valence-electron chi connectivity index (χ2n) is 4.07. The first kappa shape index (κ1) is 10.4. The van der Waals surface area contributed by atoms with E-state index in [-0.39, 0.29) is 5.82 Å². The molecule has 17 heavy (non-hydrogen) atoms. The van der Waals surface area contributed by atoms with E-state index in [4.69, 9.17) is 5.73 Å². The monoisotopic (exact) mass is 232 g/mol. The molecule has 0 fully saturated rings. The first-order chi connectivity index (χ1) is 8.29. The molecular weight excluding hydrogens is 219 g/mol. The van der Waals surface area contributed by atoms with E-state index in [0.29, 0.717) is 6.54 Å². The van der Waals surface area contributed by atoms with Gasteiger partial charge in [-0.15, -0.1) is 0 Å². The molecule has 0 bridgehead atoms. The van der Waals surface area contributed by atoms with Gasteiger partial charge in [-0.2, -0.15) is 5.10 Å². The van der Waals surface area contributed by atoms with Crippen LogP contribution >= 0.6 is 0 Å². The predicted molar refractivity (Wildman–Crippen MR) is 62.0 cm³/mol. The van der Waals surface area contributed by atoms with Gasteiger partial charge in [0, 0.05) is 25.2 Å². The second-order valence-corrected chi connectivity index (χ2v) is 4.07. The fourth-order valence-electron chi connectivity index (χ4n) is 2.22. The number of hydrogen-bond donors (Lipinski definition) is 2. The molecular formula is C12H13FN4. The average Bonchev–Trinajstić information content (AvgIpc) is 2.88. The lowest BCUT2D eigenvalue weighted by Gasteiger charge is -2.07. The summed E-state index contributed by atoms with van der Waals surface area (Å²) in [6.07, 6.45) is 0. The molecule has 4 nitrogen and oxygen atoms in total. The third-order valence-corrected chi connectivity index (χ3v) is 3.01. The number of nitrogens with one attached hydrogen (secondary N) is 1. The fourth-order valence-corrected chi connectivity index (χ4v) is 2.22. The third kappa shape index (κ3) is 1.64. The van der Waals surface area contributed by atoms with Gasteiger partial charge in [0.2, 0.25) is 0 Å². The summed E-state index contributed by atoms with van der Waals surface area (Å²) in [5.74, 6) is -0.265. The molecule has 0 saturated carbocycles. The Morgan fingerprint density at radius 2 is 2.29 bits per heavy atom. The summed E-state index contributed by atoms with van der Waals surface area (Å²) in [7, 11) is 0. The molecule has 0 atom stereocenters. The van der Waals surface area contributed by atoms with Gasteiger partial charge in [-0.1, -0.05) is 6.07 Å². The molecule has 1 aliphatic rings. The summed E-state index contributed by atoms with van der Waals surface area (Å²) in [6.45, 7) is 1.95. The van der Waals surface area contributed by atoms with E-state index in [1.54, 1.807) is 10.7 Å². The van der Waals surface area contributed by atoms with Gasteiger partial charge in [-0.25, -0.2) is 9.07 Å². The van der Waals surface area contributed by atoms with Crippen LogP contribution in [0.3, 0.4) is 0 Å². The zero-order chi connectivity index (χ0) is 11.8. The minimum atomic E-state index is -0.265. The van der Waals surface area contributed by atoms with Crippen molar-refractivity contribution in [1.29, 1.82) is 0 Å². The summed E-state index contributed by atoms with van der Waals surface area (Å²) in [6, 6.07) is 6.40. The highest BCUT2D eigenvalue weighted by Gasteiger charge is 2.21. The highest BCUT2D eigenvalue weighted by atomic mass is 19.1. The van der Waals surface area contributed by atoms with Crippen LogP contribution in [-0.2, 0) is 19.6 Å². The summed E-state index contributed by atoms with van der Waals surface area (Å²) in [5, 5.41) is 7.71. The van der Waals surface area contributed by atoms with Crippen LogP contribution in [0.2, 0.25) is 0 Å². The molecule has 2 heterocycles. The SMILES string of the molecule is NCc1c2c(nn1-c1cccc(F)c1)CNC2. The van der Waals surface area contributed by atoms with Crippen LogP contribution in [0, 0.1) is 5.82 Å². The Hall–Kier alpha value is -1.72. The average molecular weight is 232 g/mol. The number of rotatable bonds is 2. The largest absolute Gasteiger partial charge is 0.325 e. The maximum absolute atomic E-state index is 13.2. The van der Waals surface area contributed by atoms with Gasteiger partial charge in [0.25, 0.3) is 0 Å². The molecule has 0 radical (unpaired) electrons. The van der Waals surface area contributed by atoms with Gasteiger partial charge < -0.3 is 11.1 Å². The molecule has 1 aromatic heterocycles. The number of nitrogens with two attached hydrogens (primary N) is 1. The lowest BCUT2D eigenvalue weighted by Crippen LogP contribution is -2.12. The van der Waals surface area contributed by atoms with Crippen LogP contribution in [0.25, 0.3) is 5.69 Å². The molecule has 1 aliphatic heterocycles. The Kier molecular flexibility index (Phi) is 2.42. The first-order valence-corrected chi connectivity index (χ1v) is 5.56. The summed E-state index contributed by atoms with van der Waals surface area (Å²) >= 11 is 0. The minimum Gasteiger partial charge on any atom is -0.325 e. The Morgan fingerprint density at radius 1 is 1.41 bits per heavy atom. The zero-order valence-electron chi connectivity index (χ0n) is 9.28. The lowest BCUT2D eigenvalue weighted by atomic mass is 10.2. The molecule has 88 valence electrons. The molecule has 0 saturated heterocycles. The Bertz CT molecular complexity index is 562. The molecule has 0 unspecified atom stereocenters. The van der Waals surface area contributed by atoms with E-state index in [9.17, 15) is 4.39 Å². The number of benzene rings is 1. The minimum absolute atomic E-state index is 0.265. The first-order valence-electron chi connectivity index (χ1n) is 5.56. The van der Waals surface area contributed by atoms with Crippen LogP contribution in [0.1, 0.15) is 17.0 Å². The fraction of sp³-hybridized carbons (Fsp3) is 0.250. The Labute approximate surface area is 98.2 Å². The van der Waals surface area contributed by atoms with Crippen LogP contribution in [0.5, 0.6) is 0 Å².